The maximum atomic E-state index is 11.7. The zero-order chi connectivity index (χ0) is 18.4. The number of hydrogen-bond acceptors (Lipinski definition) is 2. The Morgan fingerprint density at radius 3 is 2.12 bits per heavy atom. The predicted octanol–water partition coefficient (Wildman–Crippen LogP) is 6.34. The molecule has 2 heteroatoms. The van der Waals surface area contributed by atoms with E-state index in [9.17, 15) is 4.79 Å². The number of rotatable bonds is 5. The topological polar surface area (TPSA) is 26.3 Å². The van der Waals surface area contributed by atoms with Gasteiger partial charge in [-0.15, -0.1) is 0 Å². The minimum atomic E-state index is -0.158. The normalized spacial score (nSPS) is 29.6. The van der Waals surface area contributed by atoms with Crippen molar-refractivity contribution in [1.29, 1.82) is 0 Å². The molecule has 0 unspecified atom stereocenters. The summed E-state index contributed by atoms with van der Waals surface area (Å²) in [6.45, 7) is 4.19. The smallest absolute Gasteiger partial charge is 0.330 e. The van der Waals surface area contributed by atoms with Crippen molar-refractivity contribution >= 4 is 5.97 Å². The number of ether oxygens (including phenoxy) is 1. The second kappa shape index (κ2) is 9.39. The van der Waals surface area contributed by atoms with Crippen LogP contribution in [0, 0.1) is 18.8 Å². The first kappa shape index (κ1) is 19.2. The van der Waals surface area contributed by atoms with E-state index in [1.807, 2.05) is 13.0 Å². The van der Waals surface area contributed by atoms with Crippen molar-refractivity contribution in [3.05, 3.63) is 47.5 Å². The molecule has 0 atom stereocenters. The summed E-state index contributed by atoms with van der Waals surface area (Å²) in [5, 5.41) is 0. The molecular formula is C24H34O2. The van der Waals surface area contributed by atoms with Gasteiger partial charge in [0.15, 0.2) is 0 Å². The molecule has 0 N–H and O–H groups in total. The molecule has 2 saturated carbocycles. The van der Waals surface area contributed by atoms with Gasteiger partial charge in [0.25, 0.3) is 0 Å². The van der Waals surface area contributed by atoms with E-state index >= 15 is 0 Å². The Kier molecular flexibility index (Phi) is 6.93. The van der Waals surface area contributed by atoms with E-state index in [0.29, 0.717) is 0 Å². The van der Waals surface area contributed by atoms with Gasteiger partial charge in [0, 0.05) is 6.08 Å². The Bertz CT molecular complexity index is 585. The summed E-state index contributed by atoms with van der Waals surface area (Å²) in [6.07, 6.45) is 14.5. The standard InChI is InChI=1S/C24H34O2/c1-3-4-5-24(25)26-23-16-14-22(15-17-23)21-12-10-20(11-13-21)19-8-6-18(2)7-9-19/h4-9,20-23H,3,10-17H2,1-2H3. The first-order valence-corrected chi connectivity index (χ1v) is 10.6. The second-order valence-electron chi connectivity index (χ2n) is 8.31. The molecule has 3 rings (SSSR count). The lowest BCUT2D eigenvalue weighted by molar-refractivity contribution is -0.145. The SMILES string of the molecule is CCC=CC(=O)OC1CCC(C2CCC(c3ccc(C)cc3)CC2)CC1. The van der Waals surface area contributed by atoms with Gasteiger partial charge in [-0.05, 0) is 88.0 Å². The van der Waals surface area contributed by atoms with E-state index in [1.54, 1.807) is 6.08 Å². The minimum absolute atomic E-state index is 0.143. The third-order valence-electron chi connectivity index (χ3n) is 6.48. The molecule has 0 spiro atoms. The Morgan fingerprint density at radius 1 is 0.962 bits per heavy atom. The number of esters is 1. The van der Waals surface area contributed by atoms with Crippen molar-refractivity contribution in [2.75, 3.05) is 0 Å². The summed E-state index contributed by atoms with van der Waals surface area (Å²) in [7, 11) is 0. The summed E-state index contributed by atoms with van der Waals surface area (Å²) >= 11 is 0. The molecule has 0 aliphatic heterocycles. The number of carbonyl (C=O) groups is 1. The average molecular weight is 355 g/mol. The number of aryl methyl sites for hydroxylation is 1. The van der Waals surface area contributed by atoms with Crippen LogP contribution in [-0.2, 0) is 9.53 Å². The molecule has 0 aromatic heterocycles. The van der Waals surface area contributed by atoms with Gasteiger partial charge < -0.3 is 4.74 Å². The van der Waals surface area contributed by atoms with Crippen molar-refractivity contribution < 1.29 is 9.53 Å². The van der Waals surface area contributed by atoms with E-state index in [-0.39, 0.29) is 12.1 Å². The molecule has 0 radical (unpaired) electrons. The molecule has 0 heterocycles. The number of hydrogen-bond donors (Lipinski definition) is 0. The fourth-order valence-corrected chi connectivity index (χ4v) is 4.86. The maximum absolute atomic E-state index is 11.7. The Morgan fingerprint density at radius 2 is 1.54 bits per heavy atom. The predicted molar refractivity (Wildman–Crippen MR) is 107 cm³/mol. The molecule has 26 heavy (non-hydrogen) atoms. The van der Waals surface area contributed by atoms with Crippen LogP contribution in [0.4, 0.5) is 0 Å². The fraction of sp³-hybridized carbons (Fsp3) is 0.625. The second-order valence-corrected chi connectivity index (χ2v) is 8.31. The van der Waals surface area contributed by atoms with Crippen molar-refractivity contribution in [2.45, 2.75) is 83.7 Å². The van der Waals surface area contributed by atoms with Gasteiger partial charge in [-0.25, -0.2) is 4.79 Å². The quantitative estimate of drug-likeness (QED) is 0.456. The minimum Gasteiger partial charge on any atom is -0.459 e. The number of allylic oxidation sites excluding steroid dienone is 1. The number of benzene rings is 1. The highest BCUT2D eigenvalue weighted by Gasteiger charge is 2.32. The summed E-state index contributed by atoms with van der Waals surface area (Å²) in [6, 6.07) is 9.15. The molecule has 0 amide bonds. The van der Waals surface area contributed by atoms with Crippen molar-refractivity contribution in [2.24, 2.45) is 11.8 Å². The molecule has 2 aliphatic carbocycles. The van der Waals surface area contributed by atoms with Crippen LogP contribution in [-0.4, -0.2) is 12.1 Å². The molecule has 0 bridgehead atoms. The van der Waals surface area contributed by atoms with Gasteiger partial charge in [0.1, 0.15) is 6.10 Å². The van der Waals surface area contributed by atoms with Crippen LogP contribution in [0.3, 0.4) is 0 Å². The van der Waals surface area contributed by atoms with Crippen LogP contribution in [0.25, 0.3) is 0 Å². The third-order valence-corrected chi connectivity index (χ3v) is 6.48. The Labute approximate surface area is 159 Å². The Balaban J connectivity index is 1.41. The third kappa shape index (κ3) is 5.22. The van der Waals surface area contributed by atoms with Crippen molar-refractivity contribution in [3.8, 4) is 0 Å². The summed E-state index contributed by atoms with van der Waals surface area (Å²) in [5.74, 6) is 2.33. The van der Waals surface area contributed by atoms with Gasteiger partial charge in [-0.3, -0.25) is 0 Å². The van der Waals surface area contributed by atoms with E-state index in [2.05, 4.69) is 31.2 Å². The zero-order valence-electron chi connectivity index (χ0n) is 16.5. The highest BCUT2D eigenvalue weighted by Crippen LogP contribution is 2.43. The van der Waals surface area contributed by atoms with Crippen LogP contribution >= 0.6 is 0 Å². The molecule has 142 valence electrons. The molecular weight excluding hydrogens is 320 g/mol. The van der Waals surface area contributed by atoms with Gasteiger partial charge in [-0.1, -0.05) is 42.8 Å². The van der Waals surface area contributed by atoms with Crippen LogP contribution in [0.5, 0.6) is 0 Å². The highest BCUT2D eigenvalue weighted by atomic mass is 16.5. The molecule has 1 aromatic rings. The summed E-state index contributed by atoms with van der Waals surface area (Å²) in [4.78, 5) is 11.7. The first-order valence-electron chi connectivity index (χ1n) is 10.6. The summed E-state index contributed by atoms with van der Waals surface area (Å²) in [5.41, 5.74) is 2.88. The van der Waals surface area contributed by atoms with Crippen molar-refractivity contribution in [1.82, 2.24) is 0 Å². The monoisotopic (exact) mass is 354 g/mol. The van der Waals surface area contributed by atoms with Gasteiger partial charge >= 0.3 is 5.97 Å². The van der Waals surface area contributed by atoms with Gasteiger partial charge in [-0.2, -0.15) is 0 Å². The van der Waals surface area contributed by atoms with E-state index in [4.69, 9.17) is 4.74 Å². The lowest BCUT2D eigenvalue weighted by Crippen LogP contribution is -2.29. The fourth-order valence-electron chi connectivity index (χ4n) is 4.86. The number of carbonyl (C=O) groups excluding carboxylic acids is 1. The van der Waals surface area contributed by atoms with Crippen LogP contribution < -0.4 is 0 Å². The molecule has 2 nitrogen and oxygen atoms in total. The Hall–Kier alpha value is -1.57. The lowest BCUT2D eigenvalue weighted by atomic mass is 9.69. The zero-order valence-corrected chi connectivity index (χ0v) is 16.5. The van der Waals surface area contributed by atoms with Crippen LogP contribution in [0.15, 0.2) is 36.4 Å². The van der Waals surface area contributed by atoms with E-state index < -0.39 is 0 Å². The van der Waals surface area contributed by atoms with E-state index in [0.717, 1.165) is 37.0 Å². The van der Waals surface area contributed by atoms with Crippen molar-refractivity contribution in [3.63, 3.8) is 0 Å². The van der Waals surface area contributed by atoms with Crippen LogP contribution in [0.2, 0.25) is 0 Å². The van der Waals surface area contributed by atoms with Crippen LogP contribution in [0.1, 0.15) is 81.8 Å². The molecule has 2 fully saturated rings. The van der Waals surface area contributed by atoms with Gasteiger partial charge in [0.2, 0.25) is 0 Å². The molecule has 1 aromatic carbocycles. The average Bonchev–Trinajstić information content (AvgIpc) is 2.68. The first-order chi connectivity index (χ1) is 12.7. The van der Waals surface area contributed by atoms with E-state index in [1.165, 1.54) is 49.7 Å². The molecule has 2 aliphatic rings. The summed E-state index contributed by atoms with van der Waals surface area (Å²) < 4.78 is 5.59. The lowest BCUT2D eigenvalue weighted by Gasteiger charge is -2.37. The van der Waals surface area contributed by atoms with Gasteiger partial charge in [0.05, 0.1) is 0 Å². The molecule has 0 saturated heterocycles. The maximum Gasteiger partial charge on any atom is 0.330 e. The highest BCUT2D eigenvalue weighted by molar-refractivity contribution is 5.82. The largest absolute Gasteiger partial charge is 0.459 e.